The molecule has 5 heteroatoms. The Morgan fingerprint density at radius 3 is 2.67 bits per heavy atom. The number of anilines is 2. The lowest BCUT2D eigenvalue weighted by Crippen LogP contribution is -2.30. The van der Waals surface area contributed by atoms with Crippen LogP contribution in [0.15, 0.2) is 30.6 Å². The lowest BCUT2D eigenvalue weighted by molar-refractivity contribution is -0.114. The first kappa shape index (κ1) is 11.0. The largest absolute Gasteiger partial charge is 0.395 e. The van der Waals surface area contributed by atoms with Crippen molar-refractivity contribution in [2.45, 2.75) is 0 Å². The van der Waals surface area contributed by atoms with Crippen molar-refractivity contribution in [2.75, 3.05) is 24.3 Å². The molecule has 0 aliphatic rings. The number of hydrogen-bond acceptors (Lipinski definition) is 4. The summed E-state index contributed by atoms with van der Waals surface area (Å²) in [4.78, 5) is 16.9. The quantitative estimate of drug-likeness (QED) is 0.709. The predicted octanol–water partition coefficient (Wildman–Crippen LogP) is 0.558. The van der Waals surface area contributed by atoms with Gasteiger partial charge in [-0.2, -0.15) is 0 Å². The second-order valence-corrected chi connectivity index (χ2v) is 3.04. The minimum Gasteiger partial charge on any atom is -0.395 e. The van der Waals surface area contributed by atoms with E-state index in [0.29, 0.717) is 5.69 Å². The number of hydrogen-bond donors (Lipinski definition) is 2. The normalized spacial score (nSPS) is 9.47. The van der Waals surface area contributed by atoms with Crippen molar-refractivity contribution in [3.05, 3.63) is 30.6 Å². The van der Waals surface area contributed by atoms with Gasteiger partial charge in [0.15, 0.2) is 0 Å². The molecular weight excluding hydrogens is 192 g/mol. The maximum Gasteiger partial charge on any atom is 0.273 e. The Kier molecular flexibility index (Phi) is 3.28. The molecule has 1 aromatic rings. The van der Waals surface area contributed by atoms with Crippen LogP contribution in [0, 0.1) is 0 Å². The maximum atomic E-state index is 11.5. The second-order valence-electron chi connectivity index (χ2n) is 3.04. The van der Waals surface area contributed by atoms with Gasteiger partial charge in [0, 0.05) is 14.1 Å². The third-order valence-corrected chi connectivity index (χ3v) is 1.97. The zero-order valence-electron chi connectivity index (χ0n) is 8.82. The summed E-state index contributed by atoms with van der Waals surface area (Å²) in [5, 5.41) is 2.89. The summed E-state index contributed by atoms with van der Waals surface area (Å²) in [5.74, 6) is 0.417. The number of rotatable bonds is 3. The second kappa shape index (κ2) is 4.45. The molecule has 0 atom stereocenters. The van der Waals surface area contributed by atoms with Crippen LogP contribution in [-0.4, -0.2) is 25.0 Å². The molecule has 0 aliphatic heterocycles. The van der Waals surface area contributed by atoms with E-state index in [4.69, 9.17) is 5.73 Å². The van der Waals surface area contributed by atoms with Crippen LogP contribution in [-0.2, 0) is 4.79 Å². The third-order valence-electron chi connectivity index (χ3n) is 1.97. The molecule has 0 saturated heterocycles. The van der Waals surface area contributed by atoms with E-state index in [1.165, 1.54) is 4.90 Å². The fourth-order valence-electron chi connectivity index (χ4n) is 1.07. The van der Waals surface area contributed by atoms with E-state index in [-0.39, 0.29) is 11.6 Å². The molecular formula is C10H14N4O. The predicted molar refractivity (Wildman–Crippen MR) is 60.5 cm³/mol. The first-order chi connectivity index (χ1) is 7.06. The van der Waals surface area contributed by atoms with Crippen molar-refractivity contribution < 1.29 is 4.79 Å². The average Bonchev–Trinajstić information content (AvgIpc) is 2.27. The van der Waals surface area contributed by atoms with Gasteiger partial charge < -0.3 is 16.0 Å². The van der Waals surface area contributed by atoms with E-state index in [1.807, 2.05) is 0 Å². The van der Waals surface area contributed by atoms with Crippen molar-refractivity contribution in [1.29, 1.82) is 0 Å². The van der Waals surface area contributed by atoms with E-state index in [0.717, 1.165) is 5.82 Å². The molecule has 1 amide bonds. The molecule has 0 radical (unpaired) electrons. The molecule has 0 fully saturated rings. The van der Waals surface area contributed by atoms with Crippen molar-refractivity contribution >= 4 is 17.4 Å². The fourth-order valence-corrected chi connectivity index (χ4v) is 1.07. The van der Waals surface area contributed by atoms with E-state index in [9.17, 15) is 4.79 Å². The standard InChI is InChI=1S/C10H14N4O/c1-7(11)10(15)14(3)8-4-5-9(12-2)13-6-8/h4-6H,1,11H2,2-3H3,(H,12,13). The summed E-state index contributed by atoms with van der Waals surface area (Å²) in [6.07, 6.45) is 1.59. The number of aromatic nitrogens is 1. The number of nitrogens with two attached hydrogens (primary N) is 1. The van der Waals surface area contributed by atoms with Gasteiger partial charge >= 0.3 is 0 Å². The van der Waals surface area contributed by atoms with Gasteiger partial charge in [0.25, 0.3) is 5.91 Å². The number of carbonyl (C=O) groups excluding carboxylic acids is 1. The van der Waals surface area contributed by atoms with Crippen molar-refractivity contribution in [2.24, 2.45) is 5.73 Å². The van der Waals surface area contributed by atoms with Gasteiger partial charge in [0.1, 0.15) is 5.82 Å². The first-order valence-electron chi connectivity index (χ1n) is 4.42. The molecule has 1 heterocycles. The highest BCUT2D eigenvalue weighted by molar-refractivity contribution is 6.03. The summed E-state index contributed by atoms with van der Waals surface area (Å²) in [7, 11) is 3.40. The highest BCUT2D eigenvalue weighted by Crippen LogP contribution is 2.14. The number of pyridine rings is 1. The molecule has 0 spiro atoms. The third kappa shape index (κ3) is 2.46. The van der Waals surface area contributed by atoms with Gasteiger partial charge in [-0.1, -0.05) is 6.58 Å². The Morgan fingerprint density at radius 2 is 2.27 bits per heavy atom. The van der Waals surface area contributed by atoms with Crippen LogP contribution in [0.25, 0.3) is 0 Å². The van der Waals surface area contributed by atoms with Gasteiger partial charge in [-0.15, -0.1) is 0 Å². The van der Waals surface area contributed by atoms with Crippen LogP contribution in [0.1, 0.15) is 0 Å². The molecule has 0 aromatic carbocycles. The van der Waals surface area contributed by atoms with Crippen LogP contribution < -0.4 is 16.0 Å². The molecule has 0 bridgehead atoms. The average molecular weight is 206 g/mol. The monoisotopic (exact) mass is 206 g/mol. The van der Waals surface area contributed by atoms with Gasteiger partial charge in [-0.25, -0.2) is 4.98 Å². The summed E-state index contributed by atoms with van der Waals surface area (Å²) in [6.45, 7) is 3.39. The Hall–Kier alpha value is -2.04. The van der Waals surface area contributed by atoms with Crippen LogP contribution in [0.3, 0.4) is 0 Å². The van der Waals surface area contributed by atoms with Gasteiger partial charge in [-0.3, -0.25) is 4.79 Å². The minimum atomic E-state index is -0.325. The van der Waals surface area contributed by atoms with Crippen LogP contribution in [0.2, 0.25) is 0 Å². The molecule has 3 N–H and O–H groups in total. The lowest BCUT2D eigenvalue weighted by atomic mass is 10.3. The van der Waals surface area contributed by atoms with Gasteiger partial charge in [0.05, 0.1) is 17.6 Å². The highest BCUT2D eigenvalue weighted by atomic mass is 16.2. The Bertz CT molecular complexity index is 372. The Balaban J connectivity index is 2.87. The number of carbonyl (C=O) groups is 1. The van der Waals surface area contributed by atoms with Crippen LogP contribution in [0.5, 0.6) is 0 Å². The lowest BCUT2D eigenvalue weighted by Gasteiger charge is -2.16. The summed E-state index contributed by atoms with van der Waals surface area (Å²) in [5.41, 5.74) is 5.99. The highest BCUT2D eigenvalue weighted by Gasteiger charge is 2.11. The maximum absolute atomic E-state index is 11.5. The number of amides is 1. The minimum absolute atomic E-state index is 0.00944. The zero-order chi connectivity index (χ0) is 11.4. The van der Waals surface area contributed by atoms with E-state index in [2.05, 4.69) is 16.9 Å². The topological polar surface area (TPSA) is 71.2 Å². The Labute approximate surface area is 88.6 Å². The van der Waals surface area contributed by atoms with Gasteiger partial charge in [0.2, 0.25) is 0 Å². The molecule has 1 rings (SSSR count). The van der Waals surface area contributed by atoms with E-state index < -0.39 is 0 Å². The number of nitrogens with zero attached hydrogens (tertiary/aromatic N) is 2. The summed E-state index contributed by atoms with van der Waals surface area (Å²) < 4.78 is 0. The number of nitrogens with one attached hydrogen (secondary N) is 1. The summed E-state index contributed by atoms with van der Waals surface area (Å²) in [6, 6.07) is 3.55. The summed E-state index contributed by atoms with van der Waals surface area (Å²) >= 11 is 0. The van der Waals surface area contributed by atoms with E-state index >= 15 is 0 Å². The van der Waals surface area contributed by atoms with Crippen LogP contribution >= 0.6 is 0 Å². The van der Waals surface area contributed by atoms with E-state index in [1.54, 1.807) is 32.4 Å². The molecule has 1 aromatic heterocycles. The number of likely N-dealkylation sites (N-methyl/N-ethyl adjacent to an activating group) is 1. The SMILES string of the molecule is C=C(N)C(=O)N(C)c1ccc(NC)nc1. The molecule has 0 saturated carbocycles. The molecule has 0 aliphatic carbocycles. The van der Waals surface area contributed by atoms with Gasteiger partial charge in [-0.05, 0) is 12.1 Å². The first-order valence-corrected chi connectivity index (χ1v) is 4.42. The smallest absolute Gasteiger partial charge is 0.273 e. The van der Waals surface area contributed by atoms with Crippen molar-refractivity contribution in [1.82, 2.24) is 4.98 Å². The molecule has 0 unspecified atom stereocenters. The fraction of sp³-hybridized carbons (Fsp3) is 0.200. The molecule has 5 nitrogen and oxygen atoms in total. The van der Waals surface area contributed by atoms with Crippen LogP contribution in [0.4, 0.5) is 11.5 Å². The van der Waals surface area contributed by atoms with Crippen molar-refractivity contribution in [3.8, 4) is 0 Å². The Morgan fingerprint density at radius 1 is 1.60 bits per heavy atom. The molecule has 80 valence electrons. The van der Waals surface area contributed by atoms with Crippen molar-refractivity contribution in [3.63, 3.8) is 0 Å². The zero-order valence-corrected chi connectivity index (χ0v) is 8.82. The molecule has 15 heavy (non-hydrogen) atoms.